The highest BCUT2D eigenvalue weighted by Gasteiger charge is 2.15. The van der Waals surface area contributed by atoms with E-state index in [0.717, 1.165) is 5.56 Å². The van der Waals surface area contributed by atoms with Gasteiger partial charge in [-0.1, -0.05) is 48.0 Å². The molecule has 3 aromatic carbocycles. The first-order chi connectivity index (χ1) is 13.5. The minimum absolute atomic E-state index is 0.118. The zero-order valence-electron chi connectivity index (χ0n) is 15.1. The molecule has 0 aliphatic rings. The number of carboxylic acids is 1. The minimum atomic E-state index is -1.39. The predicted octanol–water partition coefficient (Wildman–Crippen LogP) is 2.86. The zero-order valence-corrected chi connectivity index (χ0v) is 15.1. The molecule has 0 heterocycles. The Kier molecular flexibility index (Phi) is 5.50. The number of rotatable bonds is 5. The van der Waals surface area contributed by atoms with E-state index < -0.39 is 11.9 Å². The van der Waals surface area contributed by atoms with Gasteiger partial charge in [0.25, 0.3) is 11.8 Å². The van der Waals surface area contributed by atoms with E-state index in [-0.39, 0.29) is 22.7 Å². The lowest BCUT2D eigenvalue weighted by molar-refractivity contribution is -0.254. The first-order valence-corrected chi connectivity index (χ1v) is 8.54. The van der Waals surface area contributed by atoms with Gasteiger partial charge < -0.3 is 20.5 Å². The number of para-hydroxylation sites is 2. The van der Waals surface area contributed by atoms with Gasteiger partial charge in [-0.05, 0) is 37.3 Å². The lowest BCUT2D eigenvalue weighted by Crippen LogP contribution is -2.25. The standard InChI is InChI=1S/C22H18N2O4/c1-14-10-12-15(13-11-14)20(25)23-18-8-4-2-6-16(18)21(26)24-19-9-5-3-7-17(19)22(27)28/h2-13H,1H3,(H,23,25)(H,24,26)(H,27,28)/p-1. The van der Waals surface area contributed by atoms with Crippen molar-refractivity contribution in [2.75, 3.05) is 10.6 Å². The molecular formula is C22H17N2O4-. The minimum Gasteiger partial charge on any atom is -0.545 e. The number of carbonyl (C=O) groups is 3. The molecule has 0 atom stereocenters. The highest BCUT2D eigenvalue weighted by atomic mass is 16.4. The van der Waals surface area contributed by atoms with Crippen molar-refractivity contribution in [1.29, 1.82) is 0 Å². The second-order valence-corrected chi connectivity index (χ2v) is 6.15. The fourth-order valence-corrected chi connectivity index (χ4v) is 2.65. The van der Waals surface area contributed by atoms with Crippen LogP contribution in [0.4, 0.5) is 11.4 Å². The fraction of sp³-hybridized carbons (Fsp3) is 0.0455. The second-order valence-electron chi connectivity index (χ2n) is 6.15. The summed E-state index contributed by atoms with van der Waals surface area (Å²) < 4.78 is 0. The van der Waals surface area contributed by atoms with Crippen LogP contribution >= 0.6 is 0 Å². The van der Waals surface area contributed by atoms with E-state index in [1.165, 1.54) is 18.2 Å². The molecule has 0 aromatic heterocycles. The van der Waals surface area contributed by atoms with E-state index in [2.05, 4.69) is 10.6 Å². The number of benzene rings is 3. The van der Waals surface area contributed by atoms with Crippen LogP contribution in [0.15, 0.2) is 72.8 Å². The molecule has 3 aromatic rings. The molecule has 0 spiro atoms. The van der Waals surface area contributed by atoms with Crippen molar-refractivity contribution in [1.82, 2.24) is 0 Å². The molecule has 0 fully saturated rings. The third kappa shape index (κ3) is 4.24. The van der Waals surface area contributed by atoms with Crippen LogP contribution in [0.1, 0.15) is 36.6 Å². The summed E-state index contributed by atoms with van der Waals surface area (Å²) in [5, 5.41) is 16.5. The maximum atomic E-state index is 12.7. The molecule has 3 rings (SSSR count). The van der Waals surface area contributed by atoms with Gasteiger partial charge in [-0.2, -0.15) is 0 Å². The maximum Gasteiger partial charge on any atom is 0.257 e. The second kappa shape index (κ2) is 8.18. The Morgan fingerprint density at radius 3 is 1.79 bits per heavy atom. The molecular weight excluding hydrogens is 356 g/mol. The third-order valence-electron chi connectivity index (χ3n) is 4.13. The molecule has 0 unspecified atom stereocenters. The maximum absolute atomic E-state index is 12.7. The molecule has 140 valence electrons. The Bertz CT molecular complexity index is 1040. The van der Waals surface area contributed by atoms with Crippen molar-refractivity contribution in [3.8, 4) is 0 Å². The molecule has 0 aliphatic carbocycles. The quantitative estimate of drug-likeness (QED) is 0.718. The molecule has 28 heavy (non-hydrogen) atoms. The van der Waals surface area contributed by atoms with E-state index in [9.17, 15) is 19.5 Å². The summed E-state index contributed by atoms with van der Waals surface area (Å²) in [5.74, 6) is -2.29. The number of carboxylic acid groups (broad SMARTS) is 1. The highest BCUT2D eigenvalue weighted by Crippen LogP contribution is 2.20. The lowest BCUT2D eigenvalue weighted by Gasteiger charge is -2.14. The Hall–Kier alpha value is -3.93. The number of hydrogen-bond donors (Lipinski definition) is 2. The van der Waals surface area contributed by atoms with Crippen LogP contribution < -0.4 is 15.7 Å². The van der Waals surface area contributed by atoms with Crippen LogP contribution in [0.3, 0.4) is 0 Å². The number of hydrogen-bond acceptors (Lipinski definition) is 4. The van der Waals surface area contributed by atoms with Gasteiger partial charge in [-0.25, -0.2) is 0 Å². The van der Waals surface area contributed by atoms with Crippen molar-refractivity contribution in [3.05, 3.63) is 95.1 Å². The summed E-state index contributed by atoms with van der Waals surface area (Å²) in [6, 6.07) is 19.5. The summed E-state index contributed by atoms with van der Waals surface area (Å²) >= 11 is 0. The number of carbonyl (C=O) groups excluding carboxylic acids is 3. The third-order valence-corrected chi connectivity index (χ3v) is 4.13. The van der Waals surface area contributed by atoms with E-state index in [0.29, 0.717) is 11.3 Å². The van der Waals surface area contributed by atoms with Crippen LogP contribution in [-0.4, -0.2) is 17.8 Å². The predicted molar refractivity (Wildman–Crippen MR) is 104 cm³/mol. The van der Waals surface area contributed by atoms with E-state index in [4.69, 9.17) is 0 Å². The number of nitrogens with one attached hydrogen (secondary N) is 2. The molecule has 0 bridgehead atoms. The SMILES string of the molecule is Cc1ccc(C(=O)Nc2ccccc2C(=O)Nc2ccccc2C(=O)[O-])cc1. The van der Waals surface area contributed by atoms with Crippen molar-refractivity contribution in [3.63, 3.8) is 0 Å². The Labute approximate surface area is 161 Å². The van der Waals surface area contributed by atoms with Crippen molar-refractivity contribution >= 4 is 29.2 Å². The van der Waals surface area contributed by atoms with Crippen molar-refractivity contribution in [2.45, 2.75) is 6.92 Å². The molecule has 2 N–H and O–H groups in total. The molecule has 2 amide bonds. The summed E-state index contributed by atoms with van der Waals surface area (Å²) in [6.07, 6.45) is 0. The van der Waals surface area contributed by atoms with Crippen molar-refractivity contribution < 1.29 is 19.5 Å². The highest BCUT2D eigenvalue weighted by molar-refractivity contribution is 6.13. The fourth-order valence-electron chi connectivity index (χ4n) is 2.65. The van der Waals surface area contributed by atoms with Gasteiger partial charge in [0, 0.05) is 11.1 Å². The van der Waals surface area contributed by atoms with E-state index in [1.54, 1.807) is 42.5 Å². The summed E-state index contributed by atoms with van der Waals surface area (Å²) in [6.45, 7) is 1.92. The molecule has 0 radical (unpaired) electrons. The van der Waals surface area contributed by atoms with Crippen LogP contribution in [0.25, 0.3) is 0 Å². The first kappa shape index (κ1) is 18.8. The molecule has 0 aliphatic heterocycles. The topological polar surface area (TPSA) is 98.3 Å². The van der Waals surface area contributed by atoms with Crippen LogP contribution in [0.5, 0.6) is 0 Å². The van der Waals surface area contributed by atoms with E-state index in [1.807, 2.05) is 19.1 Å². The largest absolute Gasteiger partial charge is 0.545 e. The summed E-state index contributed by atoms with van der Waals surface area (Å²) in [7, 11) is 0. The average molecular weight is 373 g/mol. The van der Waals surface area contributed by atoms with E-state index >= 15 is 0 Å². The van der Waals surface area contributed by atoms with Gasteiger partial charge in [-0.3, -0.25) is 9.59 Å². The van der Waals surface area contributed by atoms with Gasteiger partial charge in [0.1, 0.15) is 0 Å². The summed E-state index contributed by atoms with van der Waals surface area (Å²) in [5.41, 5.74) is 2.00. The van der Waals surface area contributed by atoms with Gasteiger partial charge >= 0.3 is 0 Å². The lowest BCUT2D eigenvalue weighted by atomic mass is 10.1. The van der Waals surface area contributed by atoms with Crippen LogP contribution in [0, 0.1) is 6.92 Å². The number of anilines is 2. The zero-order chi connectivity index (χ0) is 20.1. The average Bonchev–Trinajstić information content (AvgIpc) is 2.69. The number of amides is 2. The number of aromatic carboxylic acids is 1. The van der Waals surface area contributed by atoms with Crippen LogP contribution in [0.2, 0.25) is 0 Å². The Morgan fingerprint density at radius 1 is 0.679 bits per heavy atom. The Morgan fingerprint density at radius 2 is 1.18 bits per heavy atom. The van der Waals surface area contributed by atoms with Gasteiger partial charge in [0.05, 0.1) is 22.9 Å². The monoisotopic (exact) mass is 373 g/mol. The molecule has 0 saturated heterocycles. The van der Waals surface area contributed by atoms with Crippen molar-refractivity contribution in [2.24, 2.45) is 0 Å². The molecule has 6 heteroatoms. The molecule has 6 nitrogen and oxygen atoms in total. The van der Waals surface area contributed by atoms with Crippen LogP contribution in [-0.2, 0) is 0 Å². The number of aryl methyl sites for hydroxylation is 1. The smallest absolute Gasteiger partial charge is 0.257 e. The van der Waals surface area contributed by atoms with Gasteiger partial charge in [0.2, 0.25) is 0 Å². The normalized spacial score (nSPS) is 10.2. The first-order valence-electron chi connectivity index (χ1n) is 8.54. The summed E-state index contributed by atoms with van der Waals surface area (Å²) in [4.78, 5) is 36.4. The van der Waals surface area contributed by atoms with Gasteiger partial charge in [-0.15, -0.1) is 0 Å². The molecule has 0 saturated carbocycles. The Balaban J connectivity index is 1.84. The van der Waals surface area contributed by atoms with Gasteiger partial charge in [0.15, 0.2) is 0 Å².